The molecule has 0 saturated heterocycles. The summed E-state index contributed by atoms with van der Waals surface area (Å²) in [5.41, 5.74) is 2.05. The maximum atomic E-state index is 5.95. The Labute approximate surface area is 114 Å². The van der Waals surface area contributed by atoms with Crippen LogP contribution in [0.2, 0.25) is 0 Å². The molecule has 0 aliphatic rings. The molecule has 0 bridgehead atoms. The normalized spacial score (nSPS) is 13.2. The third-order valence-electron chi connectivity index (χ3n) is 2.69. The van der Waals surface area contributed by atoms with Gasteiger partial charge in [-0.15, -0.1) is 11.6 Å². The van der Waals surface area contributed by atoms with Crippen LogP contribution < -0.4 is 0 Å². The summed E-state index contributed by atoms with van der Waals surface area (Å²) in [6.45, 7) is 2.74. The van der Waals surface area contributed by atoms with E-state index in [1.165, 1.54) is 0 Å². The summed E-state index contributed by atoms with van der Waals surface area (Å²) >= 11 is 9.40. The van der Waals surface area contributed by atoms with E-state index in [1.54, 1.807) is 7.11 Å². The van der Waals surface area contributed by atoms with Crippen molar-refractivity contribution >= 4 is 38.6 Å². The van der Waals surface area contributed by atoms with Crippen LogP contribution in [-0.4, -0.2) is 23.3 Å². The Morgan fingerprint density at radius 2 is 2.29 bits per heavy atom. The summed E-state index contributed by atoms with van der Waals surface area (Å²) in [5, 5.41) is 0. The molecule has 0 N–H and O–H groups in total. The van der Waals surface area contributed by atoms with Gasteiger partial charge in [-0.3, -0.25) is 0 Å². The predicted molar refractivity (Wildman–Crippen MR) is 73.6 cm³/mol. The molecule has 1 aromatic heterocycles. The Balaban J connectivity index is 2.58. The second kappa shape index (κ2) is 5.38. The first-order valence-electron chi connectivity index (χ1n) is 5.38. The lowest BCUT2D eigenvalue weighted by Gasteiger charge is -2.15. The number of nitrogens with zero attached hydrogens (tertiary/aromatic N) is 2. The molecule has 0 saturated carbocycles. The summed E-state index contributed by atoms with van der Waals surface area (Å²) in [5.74, 6) is 1.28. The summed E-state index contributed by atoms with van der Waals surface area (Å²) in [6, 6.07) is 6.29. The molecule has 1 atom stereocenters. The van der Waals surface area contributed by atoms with Crippen LogP contribution in [0.25, 0.3) is 11.0 Å². The van der Waals surface area contributed by atoms with Crippen molar-refractivity contribution in [3.05, 3.63) is 28.5 Å². The first-order valence-corrected chi connectivity index (χ1v) is 6.71. The van der Waals surface area contributed by atoms with Crippen molar-refractivity contribution in [1.82, 2.24) is 9.55 Å². The molecule has 5 heteroatoms. The molecular weight excluding hydrogens is 304 g/mol. The van der Waals surface area contributed by atoms with Gasteiger partial charge in [-0.25, -0.2) is 4.98 Å². The van der Waals surface area contributed by atoms with Crippen molar-refractivity contribution in [3.8, 4) is 0 Å². The van der Waals surface area contributed by atoms with Gasteiger partial charge in [0.25, 0.3) is 0 Å². The van der Waals surface area contributed by atoms with Crippen LogP contribution >= 0.6 is 27.5 Å². The largest absolute Gasteiger partial charge is 0.383 e. The third kappa shape index (κ3) is 2.49. The smallest absolute Gasteiger partial charge is 0.125 e. The molecule has 0 aliphatic carbocycles. The van der Waals surface area contributed by atoms with Gasteiger partial charge in [-0.05, 0) is 25.1 Å². The molecule has 1 aromatic carbocycles. The van der Waals surface area contributed by atoms with E-state index in [0.29, 0.717) is 12.5 Å². The zero-order chi connectivity index (χ0) is 12.4. The highest BCUT2D eigenvalue weighted by Crippen LogP contribution is 2.25. The van der Waals surface area contributed by atoms with Gasteiger partial charge in [-0.2, -0.15) is 0 Å². The monoisotopic (exact) mass is 316 g/mol. The fourth-order valence-electron chi connectivity index (χ4n) is 2.02. The van der Waals surface area contributed by atoms with E-state index in [1.807, 2.05) is 12.1 Å². The lowest BCUT2D eigenvalue weighted by molar-refractivity contribution is 0.163. The van der Waals surface area contributed by atoms with Crippen LogP contribution in [0.4, 0.5) is 0 Å². The second-order valence-corrected chi connectivity index (χ2v) is 5.15. The van der Waals surface area contributed by atoms with Gasteiger partial charge in [0.2, 0.25) is 0 Å². The molecule has 2 aromatic rings. The number of ether oxygens (including phenoxy) is 1. The van der Waals surface area contributed by atoms with Gasteiger partial charge in [0.15, 0.2) is 0 Å². The molecule has 1 heterocycles. The van der Waals surface area contributed by atoms with Crippen molar-refractivity contribution in [2.75, 3.05) is 13.7 Å². The van der Waals surface area contributed by atoms with Crippen LogP contribution in [0, 0.1) is 0 Å². The van der Waals surface area contributed by atoms with Crippen LogP contribution in [-0.2, 0) is 10.6 Å². The Morgan fingerprint density at radius 1 is 1.53 bits per heavy atom. The van der Waals surface area contributed by atoms with Crippen LogP contribution in [0.5, 0.6) is 0 Å². The van der Waals surface area contributed by atoms with Gasteiger partial charge in [0.1, 0.15) is 5.82 Å². The van der Waals surface area contributed by atoms with Crippen LogP contribution in [0.15, 0.2) is 22.7 Å². The number of imidazole rings is 1. The number of fused-ring (bicyclic) bond motifs is 1. The Kier molecular flexibility index (Phi) is 4.07. The van der Waals surface area contributed by atoms with Crippen LogP contribution in [0.1, 0.15) is 18.8 Å². The van der Waals surface area contributed by atoms with E-state index < -0.39 is 0 Å². The van der Waals surface area contributed by atoms with E-state index in [2.05, 4.69) is 38.5 Å². The fourth-order valence-corrected chi connectivity index (χ4v) is 2.56. The first kappa shape index (κ1) is 12.9. The van der Waals surface area contributed by atoms with Gasteiger partial charge in [-0.1, -0.05) is 15.9 Å². The SMILES string of the molecule is COCC(C)n1c(CCl)nc2cc(Br)ccc21. The summed E-state index contributed by atoms with van der Waals surface area (Å²) in [6.07, 6.45) is 0. The Hall–Kier alpha value is -0.580. The number of alkyl halides is 1. The predicted octanol–water partition coefficient (Wildman–Crippen LogP) is 3.75. The molecule has 1 unspecified atom stereocenters. The number of methoxy groups -OCH3 is 1. The number of aromatic nitrogens is 2. The summed E-state index contributed by atoms with van der Waals surface area (Å²) in [7, 11) is 1.70. The van der Waals surface area contributed by atoms with E-state index in [9.17, 15) is 0 Å². The third-order valence-corrected chi connectivity index (χ3v) is 3.43. The maximum absolute atomic E-state index is 5.95. The minimum absolute atomic E-state index is 0.222. The number of halogens is 2. The molecular formula is C12H14BrClN2O. The highest BCUT2D eigenvalue weighted by atomic mass is 79.9. The average Bonchev–Trinajstić information content (AvgIpc) is 2.66. The van der Waals surface area contributed by atoms with E-state index in [4.69, 9.17) is 16.3 Å². The topological polar surface area (TPSA) is 27.1 Å². The lowest BCUT2D eigenvalue weighted by atomic mass is 10.3. The van der Waals surface area contributed by atoms with Crippen molar-refractivity contribution in [2.45, 2.75) is 18.8 Å². The van der Waals surface area contributed by atoms with Crippen molar-refractivity contribution < 1.29 is 4.74 Å². The van der Waals surface area contributed by atoms with Crippen molar-refractivity contribution in [1.29, 1.82) is 0 Å². The molecule has 0 spiro atoms. The van der Waals surface area contributed by atoms with Gasteiger partial charge in [0.05, 0.1) is 29.6 Å². The minimum atomic E-state index is 0.222. The molecule has 0 radical (unpaired) electrons. The Morgan fingerprint density at radius 3 is 2.94 bits per heavy atom. The number of rotatable bonds is 4. The molecule has 92 valence electrons. The molecule has 2 rings (SSSR count). The molecule has 17 heavy (non-hydrogen) atoms. The van der Waals surface area contributed by atoms with E-state index >= 15 is 0 Å². The fraction of sp³-hybridized carbons (Fsp3) is 0.417. The highest BCUT2D eigenvalue weighted by Gasteiger charge is 2.15. The molecule has 3 nitrogen and oxygen atoms in total. The molecule has 0 aliphatic heterocycles. The van der Waals surface area contributed by atoms with Crippen molar-refractivity contribution in [3.63, 3.8) is 0 Å². The number of benzene rings is 1. The lowest BCUT2D eigenvalue weighted by Crippen LogP contribution is -2.13. The van der Waals surface area contributed by atoms with Crippen LogP contribution in [0.3, 0.4) is 0 Å². The zero-order valence-electron chi connectivity index (χ0n) is 9.78. The number of hydrogen-bond donors (Lipinski definition) is 0. The minimum Gasteiger partial charge on any atom is -0.383 e. The zero-order valence-corrected chi connectivity index (χ0v) is 12.1. The standard InChI is InChI=1S/C12H14BrClN2O/c1-8(7-17-2)16-11-4-3-9(13)5-10(11)15-12(16)6-14/h3-5,8H,6-7H2,1-2H3. The van der Waals surface area contributed by atoms with Gasteiger partial charge < -0.3 is 9.30 Å². The number of hydrogen-bond acceptors (Lipinski definition) is 2. The quantitative estimate of drug-likeness (QED) is 0.803. The Bertz CT molecular complexity index is 526. The summed E-state index contributed by atoms with van der Waals surface area (Å²) in [4.78, 5) is 4.54. The van der Waals surface area contributed by atoms with Gasteiger partial charge in [0, 0.05) is 11.6 Å². The maximum Gasteiger partial charge on any atom is 0.125 e. The molecule has 0 amide bonds. The highest BCUT2D eigenvalue weighted by molar-refractivity contribution is 9.10. The van der Waals surface area contributed by atoms with E-state index in [0.717, 1.165) is 21.3 Å². The first-order chi connectivity index (χ1) is 8.17. The van der Waals surface area contributed by atoms with Crippen molar-refractivity contribution in [2.24, 2.45) is 0 Å². The molecule has 0 fully saturated rings. The van der Waals surface area contributed by atoms with Gasteiger partial charge >= 0.3 is 0 Å². The average molecular weight is 318 g/mol. The summed E-state index contributed by atoms with van der Waals surface area (Å²) < 4.78 is 8.36. The second-order valence-electron chi connectivity index (χ2n) is 3.97. The van der Waals surface area contributed by atoms with E-state index in [-0.39, 0.29) is 6.04 Å².